The molecular weight excluding hydrogens is 230 g/mol. The summed E-state index contributed by atoms with van der Waals surface area (Å²) in [4.78, 5) is 5.07. The molecule has 1 aromatic heterocycles. The van der Waals surface area contributed by atoms with E-state index in [1.165, 1.54) is 0 Å². The summed E-state index contributed by atoms with van der Waals surface area (Å²) >= 11 is 7.65. The van der Waals surface area contributed by atoms with Crippen LogP contribution in [-0.2, 0) is 0 Å². The topological polar surface area (TPSA) is 50.9 Å². The van der Waals surface area contributed by atoms with Crippen molar-refractivity contribution in [2.24, 2.45) is 5.84 Å². The summed E-state index contributed by atoms with van der Waals surface area (Å²) in [6.07, 6.45) is 1.79. The Morgan fingerprint density at radius 1 is 1.40 bits per heavy atom. The second-order valence-corrected chi connectivity index (χ2v) is 4.35. The Hall–Kier alpha value is -0.940. The summed E-state index contributed by atoms with van der Waals surface area (Å²) in [5, 5.41) is 0.703. The van der Waals surface area contributed by atoms with E-state index in [9.17, 15) is 0 Å². The summed E-state index contributed by atoms with van der Waals surface area (Å²) in [5.41, 5.74) is 5.49. The van der Waals surface area contributed by atoms with Crippen LogP contribution in [0.1, 0.15) is 16.5 Å². The number of hydrogen-bond donors (Lipinski definition) is 2. The molecule has 0 fully saturated rings. The predicted octanol–water partition coefficient (Wildman–Crippen LogP) is 2.35. The Labute approximate surface area is 96.9 Å². The molecule has 2 rings (SSSR count). The number of nitrogens with two attached hydrogens (primary N) is 1. The van der Waals surface area contributed by atoms with Crippen LogP contribution in [0.15, 0.2) is 36.0 Å². The van der Waals surface area contributed by atoms with Crippen molar-refractivity contribution in [3.05, 3.63) is 51.4 Å². The molecule has 2 aromatic rings. The number of thiazole rings is 1. The van der Waals surface area contributed by atoms with Crippen molar-refractivity contribution < 1.29 is 0 Å². The summed E-state index contributed by atoms with van der Waals surface area (Å²) < 4.78 is 0. The van der Waals surface area contributed by atoms with Crippen molar-refractivity contribution in [3.8, 4) is 0 Å². The van der Waals surface area contributed by atoms with Gasteiger partial charge in [-0.3, -0.25) is 10.8 Å². The summed E-state index contributed by atoms with van der Waals surface area (Å²) in [7, 11) is 0. The highest BCUT2D eigenvalue weighted by Crippen LogP contribution is 2.29. The second kappa shape index (κ2) is 4.72. The van der Waals surface area contributed by atoms with E-state index in [4.69, 9.17) is 17.4 Å². The Balaban J connectivity index is 2.40. The first-order valence-electron chi connectivity index (χ1n) is 4.42. The van der Waals surface area contributed by atoms with E-state index in [0.29, 0.717) is 5.02 Å². The molecule has 3 nitrogen and oxygen atoms in total. The zero-order chi connectivity index (χ0) is 10.7. The van der Waals surface area contributed by atoms with Gasteiger partial charge in [0, 0.05) is 16.1 Å². The SMILES string of the molecule is NNC(c1cncs1)c1ccccc1Cl. The highest BCUT2D eigenvalue weighted by molar-refractivity contribution is 7.09. The van der Waals surface area contributed by atoms with Gasteiger partial charge in [-0.1, -0.05) is 29.8 Å². The van der Waals surface area contributed by atoms with Gasteiger partial charge < -0.3 is 0 Å². The van der Waals surface area contributed by atoms with Crippen LogP contribution in [-0.4, -0.2) is 4.98 Å². The van der Waals surface area contributed by atoms with Crippen molar-refractivity contribution in [3.63, 3.8) is 0 Å². The van der Waals surface area contributed by atoms with Gasteiger partial charge in [-0.25, -0.2) is 5.43 Å². The molecule has 0 aliphatic rings. The number of rotatable bonds is 3. The molecule has 1 aromatic carbocycles. The zero-order valence-corrected chi connectivity index (χ0v) is 9.42. The van der Waals surface area contributed by atoms with Crippen molar-refractivity contribution in [1.29, 1.82) is 0 Å². The molecule has 0 amide bonds. The molecule has 0 aliphatic heterocycles. The van der Waals surface area contributed by atoms with Crippen LogP contribution in [0.4, 0.5) is 0 Å². The van der Waals surface area contributed by atoms with Gasteiger partial charge in [0.05, 0.1) is 11.6 Å². The van der Waals surface area contributed by atoms with E-state index >= 15 is 0 Å². The molecule has 5 heteroatoms. The Morgan fingerprint density at radius 3 is 2.80 bits per heavy atom. The number of hydrogen-bond acceptors (Lipinski definition) is 4. The minimum atomic E-state index is -0.0915. The molecule has 0 saturated carbocycles. The molecular formula is C10H10ClN3S. The smallest absolute Gasteiger partial charge is 0.0832 e. The standard InChI is InChI=1S/C10H10ClN3S/c11-8-4-2-1-3-7(8)10(14-12)9-5-13-6-15-9/h1-6,10,14H,12H2. The fourth-order valence-corrected chi connectivity index (χ4v) is 2.34. The van der Waals surface area contributed by atoms with Gasteiger partial charge in [0.25, 0.3) is 0 Å². The van der Waals surface area contributed by atoms with E-state index in [-0.39, 0.29) is 6.04 Å². The quantitative estimate of drug-likeness (QED) is 0.639. The van der Waals surface area contributed by atoms with Crippen molar-refractivity contribution >= 4 is 22.9 Å². The molecule has 1 heterocycles. The monoisotopic (exact) mass is 239 g/mol. The van der Waals surface area contributed by atoms with Crippen molar-refractivity contribution in [2.45, 2.75) is 6.04 Å². The molecule has 0 spiro atoms. The molecule has 0 bridgehead atoms. The Morgan fingerprint density at radius 2 is 2.20 bits per heavy atom. The van der Waals surface area contributed by atoms with Gasteiger partial charge in [-0.05, 0) is 11.6 Å². The van der Waals surface area contributed by atoms with E-state index < -0.39 is 0 Å². The van der Waals surface area contributed by atoms with E-state index in [1.54, 1.807) is 23.0 Å². The maximum absolute atomic E-state index is 6.10. The average Bonchev–Trinajstić information content (AvgIpc) is 2.75. The van der Waals surface area contributed by atoms with E-state index in [2.05, 4.69) is 10.4 Å². The van der Waals surface area contributed by atoms with Crippen LogP contribution >= 0.6 is 22.9 Å². The summed E-state index contributed by atoms with van der Waals surface area (Å²) in [5.74, 6) is 5.54. The third-order valence-corrected chi connectivity index (χ3v) is 3.30. The van der Waals surface area contributed by atoms with Gasteiger partial charge in [-0.15, -0.1) is 11.3 Å². The van der Waals surface area contributed by atoms with Crippen LogP contribution in [0.2, 0.25) is 5.02 Å². The van der Waals surface area contributed by atoms with Crippen molar-refractivity contribution in [2.75, 3.05) is 0 Å². The molecule has 0 saturated heterocycles. The molecule has 0 radical (unpaired) electrons. The third kappa shape index (κ3) is 2.18. The first kappa shape index (κ1) is 10.6. The molecule has 78 valence electrons. The molecule has 1 atom stereocenters. The minimum absolute atomic E-state index is 0.0915. The number of nitrogens with zero attached hydrogens (tertiary/aromatic N) is 1. The lowest BCUT2D eigenvalue weighted by Crippen LogP contribution is -2.28. The second-order valence-electron chi connectivity index (χ2n) is 3.02. The van der Waals surface area contributed by atoms with Crippen LogP contribution in [0.5, 0.6) is 0 Å². The Bertz CT molecular complexity index is 430. The maximum atomic E-state index is 6.10. The van der Waals surface area contributed by atoms with Gasteiger partial charge in [0.15, 0.2) is 0 Å². The maximum Gasteiger partial charge on any atom is 0.0832 e. The average molecular weight is 240 g/mol. The zero-order valence-electron chi connectivity index (χ0n) is 7.85. The Kier molecular flexibility index (Phi) is 3.33. The fraction of sp³-hybridized carbons (Fsp3) is 0.100. The predicted molar refractivity (Wildman–Crippen MR) is 62.7 cm³/mol. The lowest BCUT2D eigenvalue weighted by molar-refractivity contribution is 0.645. The number of halogens is 1. The highest BCUT2D eigenvalue weighted by Gasteiger charge is 2.16. The number of hydrazine groups is 1. The fourth-order valence-electron chi connectivity index (χ4n) is 1.40. The van der Waals surface area contributed by atoms with Gasteiger partial charge in [-0.2, -0.15) is 0 Å². The molecule has 15 heavy (non-hydrogen) atoms. The summed E-state index contributed by atoms with van der Waals surface area (Å²) in [6, 6.07) is 7.54. The minimum Gasteiger partial charge on any atom is -0.271 e. The number of aromatic nitrogens is 1. The largest absolute Gasteiger partial charge is 0.271 e. The van der Waals surface area contributed by atoms with Crippen LogP contribution in [0, 0.1) is 0 Å². The first-order chi connectivity index (χ1) is 7.33. The van der Waals surface area contributed by atoms with Gasteiger partial charge >= 0.3 is 0 Å². The van der Waals surface area contributed by atoms with Gasteiger partial charge in [0.1, 0.15) is 0 Å². The number of benzene rings is 1. The molecule has 1 unspecified atom stereocenters. The normalized spacial score (nSPS) is 12.7. The van der Waals surface area contributed by atoms with Crippen LogP contribution in [0.25, 0.3) is 0 Å². The summed E-state index contributed by atoms with van der Waals surface area (Å²) in [6.45, 7) is 0. The van der Waals surface area contributed by atoms with Crippen molar-refractivity contribution in [1.82, 2.24) is 10.4 Å². The first-order valence-corrected chi connectivity index (χ1v) is 5.67. The van der Waals surface area contributed by atoms with Gasteiger partial charge in [0.2, 0.25) is 0 Å². The molecule has 0 aliphatic carbocycles. The van der Waals surface area contributed by atoms with Crippen LogP contribution in [0.3, 0.4) is 0 Å². The highest BCUT2D eigenvalue weighted by atomic mass is 35.5. The lowest BCUT2D eigenvalue weighted by Gasteiger charge is -2.15. The molecule has 3 N–H and O–H groups in total. The lowest BCUT2D eigenvalue weighted by atomic mass is 10.1. The van der Waals surface area contributed by atoms with E-state index in [0.717, 1.165) is 10.4 Å². The van der Waals surface area contributed by atoms with E-state index in [1.807, 2.05) is 24.3 Å². The number of nitrogens with one attached hydrogen (secondary N) is 1. The van der Waals surface area contributed by atoms with Crippen LogP contribution < -0.4 is 11.3 Å². The third-order valence-electron chi connectivity index (χ3n) is 2.12.